The van der Waals surface area contributed by atoms with Gasteiger partial charge in [0.2, 0.25) is 11.8 Å². The third-order valence-corrected chi connectivity index (χ3v) is 2.88. The van der Waals surface area contributed by atoms with Gasteiger partial charge in [0.05, 0.1) is 0 Å². The standard InChI is InChI=1S/C12H13N3O3/c1-15(9-5-6-10(16)14-11(9)17)12(18)8-4-2-3-7-13-8/h2-4,7,9H,5-6H2,1H3,(H,14,16,17). The minimum Gasteiger partial charge on any atom is -0.328 e. The maximum Gasteiger partial charge on any atom is 0.272 e. The summed E-state index contributed by atoms with van der Waals surface area (Å²) in [6.07, 6.45) is 2.11. The Morgan fingerprint density at radius 1 is 1.44 bits per heavy atom. The monoisotopic (exact) mass is 247 g/mol. The third kappa shape index (κ3) is 2.37. The van der Waals surface area contributed by atoms with Crippen LogP contribution < -0.4 is 5.32 Å². The number of imide groups is 1. The summed E-state index contributed by atoms with van der Waals surface area (Å²) in [7, 11) is 1.54. The molecule has 1 saturated heterocycles. The molecule has 18 heavy (non-hydrogen) atoms. The lowest BCUT2D eigenvalue weighted by Gasteiger charge is -2.29. The molecule has 0 bridgehead atoms. The molecule has 1 aliphatic heterocycles. The van der Waals surface area contributed by atoms with E-state index >= 15 is 0 Å². The molecule has 1 aliphatic rings. The van der Waals surface area contributed by atoms with E-state index in [-0.39, 0.29) is 23.9 Å². The molecule has 1 aromatic heterocycles. The molecule has 2 heterocycles. The van der Waals surface area contributed by atoms with Gasteiger partial charge in [-0.2, -0.15) is 0 Å². The highest BCUT2D eigenvalue weighted by atomic mass is 16.2. The second kappa shape index (κ2) is 4.95. The average molecular weight is 247 g/mol. The largest absolute Gasteiger partial charge is 0.328 e. The first-order chi connectivity index (χ1) is 8.59. The first-order valence-corrected chi connectivity index (χ1v) is 5.61. The molecule has 0 radical (unpaired) electrons. The zero-order valence-corrected chi connectivity index (χ0v) is 9.92. The van der Waals surface area contributed by atoms with Crippen molar-refractivity contribution in [2.24, 2.45) is 0 Å². The van der Waals surface area contributed by atoms with Gasteiger partial charge in [0.15, 0.2) is 0 Å². The SMILES string of the molecule is CN(C(=O)c1ccccn1)C1CCC(=O)NC1=O. The summed E-state index contributed by atoms with van der Waals surface area (Å²) in [6.45, 7) is 0. The van der Waals surface area contributed by atoms with Gasteiger partial charge in [-0.05, 0) is 18.6 Å². The van der Waals surface area contributed by atoms with E-state index in [2.05, 4.69) is 10.3 Å². The van der Waals surface area contributed by atoms with Crippen molar-refractivity contribution in [1.29, 1.82) is 0 Å². The number of amides is 3. The van der Waals surface area contributed by atoms with Crippen molar-refractivity contribution < 1.29 is 14.4 Å². The summed E-state index contributed by atoms with van der Waals surface area (Å²) < 4.78 is 0. The lowest BCUT2D eigenvalue weighted by molar-refractivity contribution is -0.136. The number of nitrogens with one attached hydrogen (secondary N) is 1. The van der Waals surface area contributed by atoms with Crippen LogP contribution >= 0.6 is 0 Å². The molecule has 0 aliphatic carbocycles. The van der Waals surface area contributed by atoms with Crippen LogP contribution in [-0.2, 0) is 9.59 Å². The number of rotatable bonds is 2. The van der Waals surface area contributed by atoms with E-state index in [1.165, 1.54) is 18.1 Å². The first-order valence-electron chi connectivity index (χ1n) is 5.61. The molecule has 94 valence electrons. The van der Waals surface area contributed by atoms with Gasteiger partial charge in [-0.3, -0.25) is 24.7 Å². The Morgan fingerprint density at radius 3 is 2.83 bits per heavy atom. The molecule has 1 unspecified atom stereocenters. The number of likely N-dealkylation sites (N-methyl/N-ethyl adjacent to an activating group) is 1. The van der Waals surface area contributed by atoms with Crippen LogP contribution in [0.3, 0.4) is 0 Å². The third-order valence-electron chi connectivity index (χ3n) is 2.88. The van der Waals surface area contributed by atoms with E-state index in [1.807, 2.05) is 0 Å². The molecule has 1 N–H and O–H groups in total. The number of hydrogen-bond acceptors (Lipinski definition) is 4. The highest BCUT2D eigenvalue weighted by Gasteiger charge is 2.32. The van der Waals surface area contributed by atoms with Gasteiger partial charge in [-0.15, -0.1) is 0 Å². The van der Waals surface area contributed by atoms with Gasteiger partial charge in [0, 0.05) is 19.7 Å². The van der Waals surface area contributed by atoms with Crippen molar-refractivity contribution in [3.8, 4) is 0 Å². The molecular weight excluding hydrogens is 234 g/mol. The van der Waals surface area contributed by atoms with E-state index in [0.29, 0.717) is 6.42 Å². The topological polar surface area (TPSA) is 79.4 Å². The van der Waals surface area contributed by atoms with Crippen molar-refractivity contribution >= 4 is 17.7 Å². The highest BCUT2D eigenvalue weighted by Crippen LogP contribution is 2.13. The van der Waals surface area contributed by atoms with Gasteiger partial charge < -0.3 is 4.90 Å². The van der Waals surface area contributed by atoms with Crippen molar-refractivity contribution in [2.45, 2.75) is 18.9 Å². The van der Waals surface area contributed by atoms with Crippen LogP contribution in [0.15, 0.2) is 24.4 Å². The number of nitrogens with zero attached hydrogens (tertiary/aromatic N) is 2. The Hall–Kier alpha value is -2.24. The van der Waals surface area contributed by atoms with E-state index in [1.54, 1.807) is 18.2 Å². The molecule has 2 rings (SSSR count). The number of aromatic nitrogens is 1. The summed E-state index contributed by atoms with van der Waals surface area (Å²) in [5, 5.41) is 2.22. The van der Waals surface area contributed by atoms with Crippen LogP contribution in [0, 0.1) is 0 Å². The number of pyridine rings is 1. The fraction of sp³-hybridized carbons (Fsp3) is 0.333. The molecule has 1 aromatic rings. The second-order valence-corrected chi connectivity index (χ2v) is 4.10. The van der Waals surface area contributed by atoms with Crippen molar-refractivity contribution in [2.75, 3.05) is 7.05 Å². The van der Waals surface area contributed by atoms with Crippen LogP contribution in [0.25, 0.3) is 0 Å². The van der Waals surface area contributed by atoms with Crippen LogP contribution in [0.5, 0.6) is 0 Å². The zero-order valence-electron chi connectivity index (χ0n) is 9.92. The molecule has 3 amide bonds. The van der Waals surface area contributed by atoms with Gasteiger partial charge in [0.25, 0.3) is 5.91 Å². The highest BCUT2D eigenvalue weighted by molar-refractivity contribution is 6.03. The Morgan fingerprint density at radius 2 is 2.22 bits per heavy atom. The van der Waals surface area contributed by atoms with Gasteiger partial charge in [-0.1, -0.05) is 6.07 Å². The number of carbonyl (C=O) groups is 3. The van der Waals surface area contributed by atoms with Gasteiger partial charge in [0.1, 0.15) is 11.7 Å². The summed E-state index contributed by atoms with van der Waals surface area (Å²) >= 11 is 0. The van der Waals surface area contributed by atoms with E-state index in [0.717, 1.165) is 0 Å². The molecule has 6 nitrogen and oxygen atoms in total. The van der Waals surface area contributed by atoms with E-state index < -0.39 is 11.9 Å². The summed E-state index contributed by atoms with van der Waals surface area (Å²) in [6, 6.07) is 4.39. The molecule has 1 fully saturated rings. The minimum atomic E-state index is -0.614. The lowest BCUT2D eigenvalue weighted by Crippen LogP contribution is -2.53. The average Bonchev–Trinajstić information content (AvgIpc) is 2.38. The van der Waals surface area contributed by atoms with Crippen LogP contribution in [-0.4, -0.2) is 40.7 Å². The Kier molecular flexibility index (Phi) is 3.36. The summed E-state index contributed by atoms with van der Waals surface area (Å²) in [5.74, 6) is -1.06. The number of hydrogen-bond donors (Lipinski definition) is 1. The van der Waals surface area contributed by atoms with Gasteiger partial charge >= 0.3 is 0 Å². The molecule has 1 atom stereocenters. The fourth-order valence-corrected chi connectivity index (χ4v) is 1.86. The fourth-order valence-electron chi connectivity index (χ4n) is 1.86. The zero-order chi connectivity index (χ0) is 13.1. The summed E-state index contributed by atoms with van der Waals surface area (Å²) in [4.78, 5) is 40.0. The molecular formula is C12H13N3O3. The van der Waals surface area contributed by atoms with E-state index in [9.17, 15) is 14.4 Å². The maximum atomic E-state index is 12.1. The minimum absolute atomic E-state index is 0.246. The summed E-state index contributed by atoms with van der Waals surface area (Å²) in [5.41, 5.74) is 0.282. The van der Waals surface area contributed by atoms with Crippen molar-refractivity contribution in [3.63, 3.8) is 0 Å². The van der Waals surface area contributed by atoms with Crippen molar-refractivity contribution in [1.82, 2.24) is 15.2 Å². The lowest BCUT2D eigenvalue weighted by atomic mass is 10.0. The maximum absolute atomic E-state index is 12.1. The Bertz CT molecular complexity index is 487. The Balaban J connectivity index is 2.12. The van der Waals surface area contributed by atoms with Crippen LogP contribution in [0.4, 0.5) is 0 Å². The quantitative estimate of drug-likeness (QED) is 0.744. The predicted molar refractivity (Wildman–Crippen MR) is 62.5 cm³/mol. The van der Waals surface area contributed by atoms with Crippen molar-refractivity contribution in [3.05, 3.63) is 30.1 Å². The predicted octanol–water partition coefficient (Wildman–Crippen LogP) is -0.0412. The Labute approximate surface area is 104 Å². The molecule has 0 saturated carbocycles. The van der Waals surface area contributed by atoms with Gasteiger partial charge in [-0.25, -0.2) is 0 Å². The first kappa shape index (κ1) is 12.2. The number of piperidine rings is 1. The van der Waals surface area contributed by atoms with Crippen LogP contribution in [0.2, 0.25) is 0 Å². The molecule has 0 spiro atoms. The molecule has 6 heteroatoms. The second-order valence-electron chi connectivity index (χ2n) is 4.10. The smallest absolute Gasteiger partial charge is 0.272 e. The molecule has 0 aromatic carbocycles. The van der Waals surface area contributed by atoms with E-state index in [4.69, 9.17) is 0 Å². The van der Waals surface area contributed by atoms with Crippen LogP contribution in [0.1, 0.15) is 23.3 Å². The normalized spacial score (nSPS) is 19.3. The number of carbonyl (C=O) groups excluding carboxylic acids is 3.